The number of nitrogens with zero attached hydrogens (tertiary/aromatic N) is 4. The molecule has 1 N–H and O–H groups in total. The lowest BCUT2D eigenvalue weighted by Gasteiger charge is -2.30. The topological polar surface area (TPSA) is 84.4 Å². The number of anilines is 1. The number of fused-ring (bicyclic) bond motifs is 2. The molecule has 0 aliphatic carbocycles. The molecule has 0 amide bonds. The molecule has 3 heterocycles. The molecule has 0 saturated heterocycles. The summed E-state index contributed by atoms with van der Waals surface area (Å²) in [5.41, 5.74) is 6.77. The van der Waals surface area contributed by atoms with Crippen LogP contribution < -0.4 is 4.90 Å². The highest BCUT2D eigenvalue weighted by Crippen LogP contribution is 2.33. The molecule has 2 aromatic heterocycles. The molecule has 7 nitrogen and oxygen atoms in total. The number of aryl methyl sites for hydroxylation is 1. The van der Waals surface area contributed by atoms with Gasteiger partial charge < -0.3 is 14.7 Å². The van der Waals surface area contributed by atoms with Crippen LogP contribution in [0.3, 0.4) is 0 Å². The highest BCUT2D eigenvalue weighted by Gasteiger charge is 2.22. The van der Waals surface area contributed by atoms with Crippen LogP contribution in [0.1, 0.15) is 22.4 Å². The molecule has 0 bridgehead atoms. The van der Waals surface area contributed by atoms with Crippen LogP contribution in [0.5, 0.6) is 0 Å². The first-order valence-electron chi connectivity index (χ1n) is 9.14. The van der Waals surface area contributed by atoms with E-state index in [0.29, 0.717) is 0 Å². The van der Waals surface area contributed by atoms with Gasteiger partial charge in [-0.05, 0) is 43.0 Å². The summed E-state index contributed by atoms with van der Waals surface area (Å²) in [6.45, 7) is 11.1. The van der Waals surface area contributed by atoms with Crippen LogP contribution in [0.4, 0.5) is 5.82 Å². The normalized spacial score (nSPS) is 12.9. The van der Waals surface area contributed by atoms with E-state index < -0.39 is 5.09 Å². The fourth-order valence-electron chi connectivity index (χ4n) is 3.84. The van der Waals surface area contributed by atoms with Crippen LogP contribution in [0.25, 0.3) is 10.9 Å². The lowest BCUT2D eigenvalue weighted by atomic mass is 10.00. The first-order valence-corrected chi connectivity index (χ1v) is 9.14. The van der Waals surface area contributed by atoms with E-state index in [4.69, 9.17) is 20.3 Å². The van der Waals surface area contributed by atoms with Crippen molar-refractivity contribution in [3.05, 3.63) is 81.7 Å². The zero-order valence-electron chi connectivity index (χ0n) is 16.1. The summed E-state index contributed by atoms with van der Waals surface area (Å²) in [7, 11) is 0. The van der Waals surface area contributed by atoms with Crippen LogP contribution in [0, 0.1) is 24.0 Å². The molecule has 146 valence electrons. The molecule has 7 heteroatoms. The third-order valence-corrected chi connectivity index (χ3v) is 5.27. The van der Waals surface area contributed by atoms with Crippen molar-refractivity contribution in [3.8, 4) is 0 Å². The van der Waals surface area contributed by atoms with Crippen molar-refractivity contribution in [2.24, 2.45) is 0 Å². The van der Waals surface area contributed by atoms with Crippen molar-refractivity contribution >= 4 is 16.7 Å². The molecular formula is C21H24N4O3. The molecule has 0 spiro atoms. The minimum atomic E-state index is -1.50. The van der Waals surface area contributed by atoms with E-state index in [0.717, 1.165) is 31.9 Å². The Morgan fingerprint density at radius 1 is 1.29 bits per heavy atom. The Balaban J connectivity index is 0.000000516. The highest BCUT2D eigenvalue weighted by atomic mass is 16.9. The minimum absolute atomic E-state index is 0.819. The Hall–Kier alpha value is -3.35. The van der Waals surface area contributed by atoms with Gasteiger partial charge in [0, 0.05) is 36.9 Å². The number of aromatic nitrogens is 2. The van der Waals surface area contributed by atoms with Gasteiger partial charge in [-0.3, -0.25) is 0 Å². The van der Waals surface area contributed by atoms with E-state index >= 15 is 0 Å². The Morgan fingerprint density at radius 2 is 1.96 bits per heavy atom. The van der Waals surface area contributed by atoms with Crippen molar-refractivity contribution in [1.82, 2.24) is 9.55 Å². The van der Waals surface area contributed by atoms with Crippen LogP contribution in [0.15, 0.2) is 49.2 Å². The van der Waals surface area contributed by atoms with Crippen molar-refractivity contribution in [2.45, 2.75) is 33.4 Å². The minimum Gasteiger partial charge on any atom is -0.350 e. The standard InChI is InChI=1S/C21H23N3.HNO3/c1-4-12-24-16(3)15(2)19-9-11-22-21(20(19)24)23-13-10-17-7-5-6-8-18(17)14-23;2-1(3)4/h4-9,11H,1,10,12-14H2,2-3H3;(H,2,3,4). The SMILES string of the molecule is C=CCn1c(C)c(C)c2ccnc(N3CCc4ccccc4C3)c21.O=[N+]([O-])O. The second-order valence-corrected chi connectivity index (χ2v) is 6.82. The fourth-order valence-corrected chi connectivity index (χ4v) is 3.84. The quantitative estimate of drug-likeness (QED) is 0.421. The van der Waals surface area contributed by atoms with E-state index in [1.165, 1.54) is 33.3 Å². The molecule has 1 aliphatic rings. The smallest absolute Gasteiger partial charge is 0.291 e. The Morgan fingerprint density at radius 3 is 2.64 bits per heavy atom. The van der Waals surface area contributed by atoms with Gasteiger partial charge in [-0.25, -0.2) is 4.98 Å². The van der Waals surface area contributed by atoms with E-state index in [2.05, 4.69) is 60.2 Å². The average molecular weight is 380 g/mol. The van der Waals surface area contributed by atoms with Crippen molar-refractivity contribution < 1.29 is 10.3 Å². The molecule has 0 saturated carbocycles. The maximum atomic E-state index is 8.36. The van der Waals surface area contributed by atoms with Crippen molar-refractivity contribution in [1.29, 1.82) is 0 Å². The number of hydrogen-bond donors (Lipinski definition) is 1. The summed E-state index contributed by atoms with van der Waals surface area (Å²) in [4.78, 5) is 15.6. The molecule has 1 aromatic carbocycles. The monoisotopic (exact) mass is 380 g/mol. The lowest BCUT2D eigenvalue weighted by molar-refractivity contribution is -0.742. The number of pyridine rings is 1. The Labute approximate surface area is 163 Å². The van der Waals surface area contributed by atoms with Crippen LogP contribution >= 0.6 is 0 Å². The predicted molar refractivity (Wildman–Crippen MR) is 109 cm³/mol. The third-order valence-electron chi connectivity index (χ3n) is 5.27. The molecule has 0 unspecified atom stereocenters. The molecule has 0 atom stereocenters. The van der Waals surface area contributed by atoms with E-state index in [-0.39, 0.29) is 0 Å². The van der Waals surface area contributed by atoms with E-state index in [1.807, 2.05) is 12.3 Å². The molecular weight excluding hydrogens is 356 g/mol. The first kappa shape index (κ1) is 19.4. The molecule has 3 aromatic rings. The summed E-state index contributed by atoms with van der Waals surface area (Å²) in [5, 5.41) is 14.9. The van der Waals surface area contributed by atoms with Crippen LogP contribution in [0.2, 0.25) is 0 Å². The number of benzene rings is 1. The van der Waals surface area contributed by atoms with Gasteiger partial charge in [0.15, 0.2) is 5.82 Å². The fraction of sp³-hybridized carbons (Fsp3) is 0.286. The zero-order chi connectivity index (χ0) is 20.3. The largest absolute Gasteiger partial charge is 0.350 e. The molecule has 1 aliphatic heterocycles. The zero-order valence-corrected chi connectivity index (χ0v) is 16.1. The maximum absolute atomic E-state index is 8.36. The Bertz CT molecular complexity index is 1020. The van der Waals surface area contributed by atoms with Crippen molar-refractivity contribution in [3.63, 3.8) is 0 Å². The van der Waals surface area contributed by atoms with Gasteiger partial charge in [-0.1, -0.05) is 30.3 Å². The second-order valence-electron chi connectivity index (χ2n) is 6.82. The first-order chi connectivity index (χ1) is 13.4. The predicted octanol–water partition coefficient (Wildman–Crippen LogP) is 4.05. The average Bonchev–Trinajstić information content (AvgIpc) is 2.92. The van der Waals surface area contributed by atoms with Crippen molar-refractivity contribution in [2.75, 3.05) is 11.4 Å². The number of rotatable bonds is 3. The maximum Gasteiger partial charge on any atom is 0.291 e. The summed E-state index contributed by atoms with van der Waals surface area (Å²) in [5.74, 6) is 1.10. The lowest BCUT2D eigenvalue weighted by Crippen LogP contribution is -2.31. The van der Waals surface area contributed by atoms with Crippen LogP contribution in [-0.2, 0) is 19.5 Å². The van der Waals surface area contributed by atoms with Gasteiger partial charge in [-0.2, -0.15) is 0 Å². The summed E-state index contributed by atoms with van der Waals surface area (Å²) in [6, 6.07) is 10.9. The third kappa shape index (κ3) is 3.69. The summed E-state index contributed by atoms with van der Waals surface area (Å²) >= 11 is 0. The molecule has 0 radical (unpaired) electrons. The number of hydrogen-bond acceptors (Lipinski definition) is 4. The van der Waals surface area contributed by atoms with Gasteiger partial charge in [0.1, 0.15) is 0 Å². The molecule has 28 heavy (non-hydrogen) atoms. The summed E-state index contributed by atoms with van der Waals surface area (Å²) < 4.78 is 2.35. The van der Waals surface area contributed by atoms with Gasteiger partial charge in [-0.15, -0.1) is 16.7 Å². The van der Waals surface area contributed by atoms with E-state index in [9.17, 15) is 0 Å². The van der Waals surface area contributed by atoms with Crippen LogP contribution in [-0.4, -0.2) is 26.4 Å². The second kappa shape index (κ2) is 8.12. The molecule has 0 fully saturated rings. The van der Waals surface area contributed by atoms with Gasteiger partial charge in [0.2, 0.25) is 0 Å². The van der Waals surface area contributed by atoms with Gasteiger partial charge >= 0.3 is 0 Å². The highest BCUT2D eigenvalue weighted by molar-refractivity contribution is 5.93. The molecule has 4 rings (SSSR count). The van der Waals surface area contributed by atoms with Gasteiger partial charge in [0.25, 0.3) is 5.09 Å². The summed E-state index contributed by atoms with van der Waals surface area (Å²) in [6.07, 6.45) is 4.99. The Kier molecular flexibility index (Phi) is 5.63. The van der Waals surface area contributed by atoms with Gasteiger partial charge in [0.05, 0.1) is 5.52 Å². The number of allylic oxidation sites excluding steroid dienone is 1. The van der Waals surface area contributed by atoms with E-state index in [1.54, 1.807) is 0 Å².